The Morgan fingerprint density at radius 1 is 0.676 bits per heavy atom. The minimum Gasteiger partial charge on any atom is -0.332 e. The van der Waals surface area contributed by atoms with E-state index >= 15 is 0 Å². The highest BCUT2D eigenvalue weighted by Gasteiger charge is 2.21. The van der Waals surface area contributed by atoms with Gasteiger partial charge in [0.25, 0.3) is 0 Å². The zero-order valence-electron chi connectivity index (χ0n) is 22.4. The van der Waals surface area contributed by atoms with Crippen LogP contribution < -0.4 is 5.32 Å². The molecule has 6 aromatic rings. The van der Waals surface area contributed by atoms with E-state index in [1.165, 1.54) is 37.6 Å². The molecule has 0 aliphatic heterocycles. The van der Waals surface area contributed by atoms with Crippen molar-refractivity contribution in [3.63, 3.8) is 0 Å². The number of nitrogens with zero attached hydrogens (tertiary/aromatic N) is 2. The van der Waals surface area contributed by atoms with Crippen molar-refractivity contribution in [2.24, 2.45) is 0 Å². The zero-order chi connectivity index (χ0) is 25.9. The van der Waals surface area contributed by atoms with Crippen LogP contribution in [0.15, 0.2) is 84.9 Å². The molecule has 0 fully saturated rings. The Hall–Kier alpha value is -3.63. The van der Waals surface area contributed by atoms with Gasteiger partial charge in [0, 0.05) is 16.5 Å². The second-order valence-corrected chi connectivity index (χ2v) is 13.0. The smallest absolute Gasteiger partial charge is 0.188 e. The van der Waals surface area contributed by atoms with Gasteiger partial charge in [0.1, 0.15) is 5.52 Å². The summed E-state index contributed by atoms with van der Waals surface area (Å²) in [6.07, 6.45) is 0. The van der Waals surface area contributed by atoms with E-state index in [2.05, 4.69) is 136 Å². The Bertz CT molecular complexity index is 1690. The third-order valence-electron chi connectivity index (χ3n) is 7.14. The summed E-state index contributed by atoms with van der Waals surface area (Å²) in [5.74, 6) is 0. The molecule has 0 aliphatic carbocycles. The topological polar surface area (TPSA) is 29.9 Å². The monoisotopic (exact) mass is 503 g/mol. The van der Waals surface area contributed by atoms with Gasteiger partial charge < -0.3 is 9.88 Å². The van der Waals surface area contributed by atoms with Crippen molar-refractivity contribution in [1.82, 2.24) is 9.55 Å². The number of benzene rings is 4. The maximum absolute atomic E-state index is 5.15. The highest BCUT2D eigenvalue weighted by molar-refractivity contribution is 7.22. The Morgan fingerprint density at radius 3 is 1.81 bits per heavy atom. The summed E-state index contributed by atoms with van der Waals surface area (Å²) in [4.78, 5) is 5.15. The first-order valence-corrected chi connectivity index (χ1v) is 13.7. The molecule has 0 bridgehead atoms. The summed E-state index contributed by atoms with van der Waals surface area (Å²) in [7, 11) is 0. The lowest BCUT2D eigenvalue weighted by Crippen LogP contribution is -2.16. The van der Waals surface area contributed by atoms with Crippen molar-refractivity contribution >= 4 is 54.2 Å². The minimum absolute atomic E-state index is 0.0645. The molecule has 2 aromatic heterocycles. The van der Waals surface area contributed by atoms with E-state index in [0.29, 0.717) is 0 Å². The normalized spacial score (nSPS) is 12.6. The molecule has 6 rings (SSSR count). The fraction of sp³-hybridized carbons (Fsp3) is 0.242. The molecule has 0 aliphatic rings. The van der Waals surface area contributed by atoms with E-state index in [9.17, 15) is 0 Å². The number of fused-ring (bicyclic) bond motifs is 4. The van der Waals surface area contributed by atoms with E-state index in [-0.39, 0.29) is 10.8 Å². The van der Waals surface area contributed by atoms with E-state index in [1.54, 1.807) is 11.3 Å². The zero-order valence-corrected chi connectivity index (χ0v) is 23.2. The molecule has 0 saturated carbocycles. The molecule has 0 saturated heterocycles. The van der Waals surface area contributed by atoms with Gasteiger partial charge in [-0.1, -0.05) is 101 Å². The van der Waals surface area contributed by atoms with Crippen LogP contribution in [-0.4, -0.2) is 9.55 Å². The van der Waals surface area contributed by atoms with Crippen molar-refractivity contribution in [2.45, 2.75) is 52.4 Å². The molecule has 186 valence electrons. The maximum Gasteiger partial charge on any atom is 0.188 e. The van der Waals surface area contributed by atoms with Gasteiger partial charge in [0.15, 0.2) is 5.13 Å². The highest BCUT2D eigenvalue weighted by Crippen LogP contribution is 2.38. The van der Waals surface area contributed by atoms with Crippen molar-refractivity contribution < 1.29 is 0 Å². The summed E-state index contributed by atoms with van der Waals surface area (Å²) >= 11 is 1.71. The SMILES string of the molecule is CC(C)(C)c1cc(Nc2nc3c(-n4c5ccccc5c5ccccc54)cccc3s2)cc(C(C)(C)C)c1. The summed E-state index contributed by atoms with van der Waals surface area (Å²) in [5, 5.41) is 7.10. The van der Waals surface area contributed by atoms with Gasteiger partial charge in [0.05, 0.1) is 21.4 Å². The lowest BCUT2D eigenvalue weighted by atomic mass is 9.80. The summed E-state index contributed by atoms with van der Waals surface area (Å²) in [5.41, 5.74) is 8.41. The van der Waals surface area contributed by atoms with Gasteiger partial charge in [-0.25, -0.2) is 4.98 Å². The van der Waals surface area contributed by atoms with Gasteiger partial charge in [0.2, 0.25) is 0 Å². The molecule has 2 heterocycles. The van der Waals surface area contributed by atoms with Gasteiger partial charge in [-0.2, -0.15) is 0 Å². The molecule has 0 amide bonds. The molecule has 37 heavy (non-hydrogen) atoms. The lowest BCUT2D eigenvalue weighted by Gasteiger charge is -2.26. The molecular weight excluding hydrogens is 470 g/mol. The van der Waals surface area contributed by atoms with Crippen molar-refractivity contribution in [3.05, 3.63) is 96.1 Å². The molecule has 0 unspecified atom stereocenters. The first kappa shape index (κ1) is 23.7. The molecule has 0 radical (unpaired) electrons. The number of anilines is 2. The second kappa shape index (κ2) is 8.46. The molecule has 3 nitrogen and oxygen atoms in total. The number of nitrogens with one attached hydrogen (secondary N) is 1. The Morgan fingerprint density at radius 2 is 1.24 bits per heavy atom. The van der Waals surface area contributed by atoms with E-state index in [1.807, 2.05) is 0 Å². The van der Waals surface area contributed by atoms with E-state index in [0.717, 1.165) is 22.0 Å². The van der Waals surface area contributed by atoms with Crippen LogP contribution in [0.25, 0.3) is 37.7 Å². The van der Waals surface area contributed by atoms with Crippen LogP contribution in [0.2, 0.25) is 0 Å². The molecular formula is C33H33N3S. The number of aromatic nitrogens is 2. The third kappa shape index (κ3) is 4.19. The van der Waals surface area contributed by atoms with Gasteiger partial charge in [-0.3, -0.25) is 0 Å². The predicted molar refractivity (Wildman–Crippen MR) is 161 cm³/mol. The van der Waals surface area contributed by atoms with Crippen LogP contribution in [0, 0.1) is 0 Å². The van der Waals surface area contributed by atoms with Crippen LogP contribution in [0.3, 0.4) is 0 Å². The maximum atomic E-state index is 5.15. The third-order valence-corrected chi connectivity index (χ3v) is 8.07. The van der Waals surface area contributed by atoms with Gasteiger partial charge in [-0.05, 0) is 58.4 Å². The molecule has 1 N–H and O–H groups in total. The average molecular weight is 504 g/mol. The number of para-hydroxylation sites is 3. The number of hydrogen-bond acceptors (Lipinski definition) is 3. The molecule has 0 atom stereocenters. The second-order valence-electron chi connectivity index (χ2n) is 11.9. The first-order valence-electron chi connectivity index (χ1n) is 12.9. The number of hydrogen-bond donors (Lipinski definition) is 1. The van der Waals surface area contributed by atoms with Gasteiger partial charge in [-0.15, -0.1) is 0 Å². The number of thiazole rings is 1. The van der Waals surface area contributed by atoms with Crippen molar-refractivity contribution in [3.8, 4) is 5.69 Å². The fourth-order valence-corrected chi connectivity index (χ4v) is 5.95. The van der Waals surface area contributed by atoms with Crippen LogP contribution >= 0.6 is 11.3 Å². The highest BCUT2D eigenvalue weighted by atomic mass is 32.1. The summed E-state index contributed by atoms with van der Waals surface area (Å²) in [6, 6.07) is 30.7. The minimum atomic E-state index is 0.0645. The van der Waals surface area contributed by atoms with E-state index in [4.69, 9.17) is 4.98 Å². The summed E-state index contributed by atoms with van der Waals surface area (Å²) in [6.45, 7) is 13.6. The fourth-order valence-electron chi connectivity index (χ4n) is 5.04. The van der Waals surface area contributed by atoms with E-state index < -0.39 is 0 Å². The quantitative estimate of drug-likeness (QED) is 0.260. The van der Waals surface area contributed by atoms with Crippen LogP contribution in [0.4, 0.5) is 10.8 Å². The molecule has 4 heteroatoms. The van der Waals surface area contributed by atoms with Crippen LogP contribution in [-0.2, 0) is 10.8 Å². The predicted octanol–water partition coefficient (Wildman–Crippen LogP) is 9.73. The largest absolute Gasteiger partial charge is 0.332 e. The van der Waals surface area contributed by atoms with Crippen molar-refractivity contribution in [2.75, 3.05) is 5.32 Å². The lowest BCUT2D eigenvalue weighted by molar-refractivity contribution is 0.569. The van der Waals surface area contributed by atoms with Gasteiger partial charge >= 0.3 is 0 Å². The van der Waals surface area contributed by atoms with Crippen molar-refractivity contribution in [1.29, 1.82) is 0 Å². The Labute approximate surface area is 222 Å². The first-order chi connectivity index (χ1) is 17.6. The summed E-state index contributed by atoms with van der Waals surface area (Å²) < 4.78 is 3.53. The Balaban J connectivity index is 1.50. The molecule has 0 spiro atoms. The van der Waals surface area contributed by atoms with Crippen LogP contribution in [0.1, 0.15) is 52.7 Å². The average Bonchev–Trinajstić information content (AvgIpc) is 3.41. The number of rotatable bonds is 3. The molecule has 4 aromatic carbocycles. The van der Waals surface area contributed by atoms with Crippen LogP contribution in [0.5, 0.6) is 0 Å². The standard InChI is InChI=1S/C33H33N3S/c1-32(2,3)21-18-22(33(4,5)6)20-23(19-21)34-31-35-30-28(16-11-17-29(30)37-31)36-26-14-9-7-12-24(26)25-13-8-10-15-27(25)36/h7-20H,1-6H3,(H,34,35). The Kier molecular flexibility index (Phi) is 5.43.